The average molecular weight is 385 g/mol. The Labute approximate surface area is 162 Å². The van der Waals surface area contributed by atoms with Crippen molar-refractivity contribution < 1.29 is 9.59 Å². The lowest BCUT2D eigenvalue weighted by atomic mass is 9.98. The van der Waals surface area contributed by atoms with Crippen LogP contribution in [0.15, 0.2) is 30.3 Å². The largest absolute Gasteiger partial charge is 0.342 e. The highest BCUT2D eigenvalue weighted by atomic mass is 32.1. The van der Waals surface area contributed by atoms with Crippen molar-refractivity contribution in [3.8, 4) is 11.4 Å². The van der Waals surface area contributed by atoms with Gasteiger partial charge in [0.1, 0.15) is 0 Å². The summed E-state index contributed by atoms with van der Waals surface area (Å²) in [5, 5.41) is 3.39. The molecule has 2 aromatic rings. The van der Waals surface area contributed by atoms with Crippen molar-refractivity contribution in [2.24, 2.45) is 5.92 Å². The Kier molecular flexibility index (Phi) is 5.33. The second-order valence-corrected chi connectivity index (χ2v) is 7.87. The molecule has 0 aliphatic carbocycles. The number of carbonyl (C=O) groups is 2. The number of anilines is 1. The average Bonchev–Trinajstić information content (AvgIpc) is 3.32. The maximum absolute atomic E-state index is 12.6. The van der Waals surface area contributed by atoms with Crippen LogP contribution in [0.4, 0.5) is 9.93 Å². The predicted octanol–water partition coefficient (Wildman–Crippen LogP) is 3.07. The van der Waals surface area contributed by atoms with Gasteiger partial charge < -0.3 is 9.80 Å². The van der Waals surface area contributed by atoms with Gasteiger partial charge in [-0.25, -0.2) is 4.79 Å². The first kappa shape index (κ1) is 17.9. The van der Waals surface area contributed by atoms with Gasteiger partial charge in [0, 0.05) is 49.7 Å². The van der Waals surface area contributed by atoms with Crippen LogP contribution < -0.4 is 5.32 Å². The maximum Gasteiger partial charge on any atom is 0.323 e. The number of piperidine rings is 1. The minimum atomic E-state index is -0.136. The van der Waals surface area contributed by atoms with Gasteiger partial charge in [0.05, 0.1) is 0 Å². The summed E-state index contributed by atoms with van der Waals surface area (Å²) in [6.45, 7) is 3.04. The lowest BCUT2D eigenvalue weighted by Crippen LogP contribution is -2.45. The van der Waals surface area contributed by atoms with E-state index in [4.69, 9.17) is 0 Å². The van der Waals surface area contributed by atoms with Crippen molar-refractivity contribution in [1.29, 1.82) is 0 Å². The Morgan fingerprint density at radius 3 is 2.85 bits per heavy atom. The molecule has 0 saturated carbocycles. The molecule has 7 nitrogen and oxygen atoms in total. The van der Waals surface area contributed by atoms with Crippen molar-refractivity contribution in [3.63, 3.8) is 0 Å². The van der Waals surface area contributed by atoms with E-state index in [1.807, 2.05) is 40.1 Å². The van der Waals surface area contributed by atoms with E-state index < -0.39 is 0 Å². The van der Waals surface area contributed by atoms with Crippen LogP contribution in [0.5, 0.6) is 0 Å². The summed E-state index contributed by atoms with van der Waals surface area (Å²) in [4.78, 5) is 32.7. The number of aromatic nitrogens is 2. The third kappa shape index (κ3) is 4.27. The van der Waals surface area contributed by atoms with Crippen molar-refractivity contribution in [2.75, 3.05) is 31.5 Å². The van der Waals surface area contributed by atoms with Crippen LogP contribution >= 0.6 is 11.5 Å². The van der Waals surface area contributed by atoms with E-state index in [0.29, 0.717) is 29.8 Å². The number of likely N-dealkylation sites (tertiary alicyclic amines) is 2. The summed E-state index contributed by atoms with van der Waals surface area (Å²) in [7, 11) is 0. The first-order valence-corrected chi connectivity index (χ1v) is 10.2. The van der Waals surface area contributed by atoms with Gasteiger partial charge in [0.25, 0.3) is 0 Å². The van der Waals surface area contributed by atoms with E-state index in [2.05, 4.69) is 14.7 Å². The zero-order valence-electron chi connectivity index (χ0n) is 15.1. The highest BCUT2D eigenvalue weighted by Gasteiger charge is 2.28. The van der Waals surface area contributed by atoms with Crippen LogP contribution in [0, 0.1) is 5.92 Å². The van der Waals surface area contributed by atoms with Gasteiger partial charge in [0.2, 0.25) is 11.0 Å². The number of rotatable bonds is 4. The maximum atomic E-state index is 12.6. The van der Waals surface area contributed by atoms with Crippen molar-refractivity contribution in [1.82, 2.24) is 19.2 Å². The number of nitrogens with zero attached hydrogens (tertiary/aromatic N) is 4. The second-order valence-electron chi connectivity index (χ2n) is 7.12. The molecule has 142 valence electrons. The van der Waals surface area contributed by atoms with Crippen LogP contribution in [0.3, 0.4) is 0 Å². The molecular formula is C19H23N5O2S. The number of nitrogens with one attached hydrogen (secondary N) is 1. The SMILES string of the molecule is O=C1CCCN1C[C@@H]1CCCN(C(=O)Nc2nc(-c3ccccc3)ns2)C1. The summed E-state index contributed by atoms with van der Waals surface area (Å²) in [6.07, 6.45) is 3.64. The Morgan fingerprint density at radius 2 is 2.07 bits per heavy atom. The molecule has 1 aromatic carbocycles. The Balaban J connectivity index is 1.34. The second kappa shape index (κ2) is 8.04. The molecule has 3 heterocycles. The summed E-state index contributed by atoms with van der Waals surface area (Å²) in [6, 6.07) is 9.58. The summed E-state index contributed by atoms with van der Waals surface area (Å²) >= 11 is 1.19. The summed E-state index contributed by atoms with van der Waals surface area (Å²) in [5.41, 5.74) is 0.933. The molecule has 0 bridgehead atoms. The van der Waals surface area contributed by atoms with Crippen LogP contribution in [0.1, 0.15) is 25.7 Å². The van der Waals surface area contributed by atoms with Crippen LogP contribution in [-0.2, 0) is 4.79 Å². The molecule has 8 heteroatoms. The molecule has 0 spiro atoms. The van der Waals surface area contributed by atoms with Crippen LogP contribution in [-0.4, -0.2) is 57.3 Å². The number of amides is 3. The molecule has 27 heavy (non-hydrogen) atoms. The molecule has 0 radical (unpaired) electrons. The molecule has 4 rings (SSSR count). The smallest absolute Gasteiger partial charge is 0.323 e. The standard InChI is InChI=1S/C19H23N5O2S/c25-16-9-5-10-23(16)12-14-6-4-11-24(13-14)19(26)21-18-20-17(22-27-18)15-7-2-1-3-8-15/h1-3,7-8,14H,4-6,9-13H2,(H,20,21,22,26)/t14-/m0/s1. The predicted molar refractivity (Wildman–Crippen MR) is 104 cm³/mol. The lowest BCUT2D eigenvalue weighted by molar-refractivity contribution is -0.128. The zero-order valence-corrected chi connectivity index (χ0v) is 16.0. The van der Waals surface area contributed by atoms with E-state index in [-0.39, 0.29) is 11.9 Å². The highest BCUT2D eigenvalue weighted by molar-refractivity contribution is 7.10. The fourth-order valence-corrected chi connectivity index (χ4v) is 4.34. The van der Waals surface area contributed by atoms with Gasteiger partial charge >= 0.3 is 6.03 Å². The van der Waals surface area contributed by atoms with Gasteiger partial charge in [-0.15, -0.1) is 0 Å². The Bertz CT molecular complexity index is 809. The minimum absolute atomic E-state index is 0.136. The number of hydrogen-bond acceptors (Lipinski definition) is 5. The monoisotopic (exact) mass is 385 g/mol. The molecule has 2 fully saturated rings. The lowest BCUT2D eigenvalue weighted by Gasteiger charge is -2.34. The number of carbonyl (C=O) groups excluding carboxylic acids is 2. The van der Waals surface area contributed by atoms with Gasteiger partial charge in [-0.1, -0.05) is 30.3 Å². The third-order valence-corrected chi connectivity index (χ3v) is 5.76. The normalized spacial score (nSPS) is 20.1. The molecule has 3 amide bonds. The summed E-state index contributed by atoms with van der Waals surface area (Å²) < 4.78 is 4.33. The molecule has 1 aromatic heterocycles. The molecule has 1 N–H and O–H groups in total. The highest BCUT2D eigenvalue weighted by Crippen LogP contribution is 2.23. The van der Waals surface area contributed by atoms with Crippen molar-refractivity contribution in [3.05, 3.63) is 30.3 Å². The fraction of sp³-hybridized carbons (Fsp3) is 0.474. The molecule has 2 aliphatic heterocycles. The Morgan fingerprint density at radius 1 is 1.22 bits per heavy atom. The fourth-order valence-electron chi connectivity index (χ4n) is 3.76. The summed E-state index contributed by atoms with van der Waals surface area (Å²) in [5.74, 6) is 1.22. The van der Waals surface area contributed by atoms with E-state index in [1.54, 1.807) is 0 Å². The van der Waals surface area contributed by atoms with E-state index >= 15 is 0 Å². The topological polar surface area (TPSA) is 78.4 Å². The first-order valence-electron chi connectivity index (χ1n) is 9.42. The Hall–Kier alpha value is -2.48. The van der Waals surface area contributed by atoms with Gasteiger partial charge in [-0.3, -0.25) is 10.1 Å². The van der Waals surface area contributed by atoms with Gasteiger partial charge in [-0.05, 0) is 25.2 Å². The number of hydrogen-bond donors (Lipinski definition) is 1. The number of benzene rings is 1. The third-order valence-electron chi connectivity index (χ3n) is 5.13. The van der Waals surface area contributed by atoms with E-state index in [9.17, 15) is 9.59 Å². The van der Waals surface area contributed by atoms with Crippen molar-refractivity contribution in [2.45, 2.75) is 25.7 Å². The van der Waals surface area contributed by atoms with E-state index in [0.717, 1.165) is 44.5 Å². The molecule has 0 unspecified atom stereocenters. The molecule has 2 saturated heterocycles. The zero-order chi connectivity index (χ0) is 18.6. The first-order chi connectivity index (χ1) is 13.2. The minimum Gasteiger partial charge on any atom is -0.342 e. The van der Waals surface area contributed by atoms with Gasteiger partial charge in [-0.2, -0.15) is 9.36 Å². The molecular weight excluding hydrogens is 362 g/mol. The molecule has 1 atom stereocenters. The molecule has 2 aliphatic rings. The van der Waals surface area contributed by atoms with Gasteiger partial charge in [0.15, 0.2) is 5.82 Å². The number of urea groups is 1. The van der Waals surface area contributed by atoms with Crippen LogP contribution in [0.25, 0.3) is 11.4 Å². The van der Waals surface area contributed by atoms with E-state index in [1.165, 1.54) is 11.5 Å². The van der Waals surface area contributed by atoms with Crippen LogP contribution in [0.2, 0.25) is 0 Å². The quantitative estimate of drug-likeness (QED) is 0.877. The van der Waals surface area contributed by atoms with Crippen molar-refractivity contribution >= 4 is 28.6 Å².